The second-order valence-corrected chi connectivity index (χ2v) is 19.9. The Morgan fingerprint density at radius 2 is 1.66 bits per heavy atom. The van der Waals surface area contributed by atoms with Crippen LogP contribution in [0.2, 0.25) is 0 Å². The van der Waals surface area contributed by atoms with Crippen molar-refractivity contribution >= 4 is 58.5 Å². The fourth-order valence-electron chi connectivity index (χ4n) is 8.91. The number of nitrogens with zero attached hydrogens (tertiary/aromatic N) is 3. The number of ether oxygens (including phenoxy) is 2. The molecule has 5 fully saturated rings. The zero-order valence-corrected chi connectivity index (χ0v) is 34.9. The fraction of sp³-hybridized carbons (Fsp3) is 0.548. The second-order valence-electron chi connectivity index (χ2n) is 16.7. The number of esters is 1. The molecule has 310 valence electrons. The molecular weight excluding hydrogens is 782 g/mol. The summed E-state index contributed by atoms with van der Waals surface area (Å²) in [4.78, 5) is 73.6. The topological polar surface area (TPSA) is 164 Å². The summed E-state index contributed by atoms with van der Waals surface area (Å²) in [6.07, 6.45) is 3.36. The van der Waals surface area contributed by atoms with E-state index in [1.54, 1.807) is 60.9 Å². The molecule has 0 spiro atoms. The highest BCUT2D eigenvalue weighted by Crippen LogP contribution is 2.50. The summed E-state index contributed by atoms with van der Waals surface area (Å²) in [5.41, 5.74) is 0.679. The minimum Gasteiger partial charge on any atom is -0.462 e. The van der Waals surface area contributed by atoms with Gasteiger partial charge in [0.25, 0.3) is 5.91 Å². The SMILES string of the molecule is CC(C)OC(=O)[C@H](C)N[P@](=O)(Cc1ccc2sc(C(=O)N[C@H]3C[C@@H]4C[C@@H]4C[C@H]4CC[C@@H](C(=O)N5CC(C(=O)N6CCOCC6)C5)N4C3=O)cc2c1)Oc1ccccc1. The van der Waals surface area contributed by atoms with Crippen molar-refractivity contribution in [2.45, 2.75) is 89.3 Å². The number of hydrogen-bond acceptors (Lipinski definition) is 10. The van der Waals surface area contributed by atoms with Gasteiger partial charge in [-0.05, 0) is 106 Å². The van der Waals surface area contributed by atoms with Gasteiger partial charge in [-0.2, -0.15) is 0 Å². The molecule has 14 nitrogen and oxygen atoms in total. The number of benzene rings is 2. The van der Waals surface area contributed by atoms with Crippen LogP contribution in [0.3, 0.4) is 0 Å². The van der Waals surface area contributed by atoms with E-state index in [2.05, 4.69) is 10.4 Å². The number of carbonyl (C=O) groups excluding carboxylic acids is 5. The zero-order chi connectivity index (χ0) is 40.7. The minimum atomic E-state index is -3.70. The average Bonchev–Trinajstić information content (AvgIpc) is 3.53. The summed E-state index contributed by atoms with van der Waals surface area (Å²) < 4.78 is 31.9. The molecule has 58 heavy (non-hydrogen) atoms. The van der Waals surface area contributed by atoms with Gasteiger partial charge >= 0.3 is 13.5 Å². The van der Waals surface area contributed by atoms with Gasteiger partial charge in [0.15, 0.2) is 0 Å². The number of thiophene rings is 1. The van der Waals surface area contributed by atoms with Crippen LogP contribution in [0.25, 0.3) is 10.1 Å². The van der Waals surface area contributed by atoms with Crippen molar-refractivity contribution in [2.24, 2.45) is 17.8 Å². The van der Waals surface area contributed by atoms with Gasteiger partial charge in [0.1, 0.15) is 23.9 Å². The van der Waals surface area contributed by atoms with Crippen LogP contribution < -0.4 is 14.9 Å². The Labute approximate surface area is 342 Å². The quantitative estimate of drug-likeness (QED) is 0.191. The normalized spacial score (nSPS) is 26.1. The summed E-state index contributed by atoms with van der Waals surface area (Å²) in [6, 6.07) is 13.8. The Morgan fingerprint density at radius 3 is 2.40 bits per heavy atom. The highest BCUT2D eigenvalue weighted by molar-refractivity contribution is 7.56. The van der Waals surface area contributed by atoms with Crippen molar-refractivity contribution in [3.63, 3.8) is 0 Å². The number of rotatable bonds is 12. The van der Waals surface area contributed by atoms with Gasteiger partial charge < -0.3 is 34.0 Å². The Hall–Kier alpha value is -4.30. The van der Waals surface area contributed by atoms with Gasteiger partial charge in [-0.1, -0.05) is 24.3 Å². The van der Waals surface area contributed by atoms with Crippen molar-refractivity contribution in [1.29, 1.82) is 0 Å². The molecule has 5 aliphatic rings. The van der Waals surface area contributed by atoms with E-state index in [0.29, 0.717) is 80.3 Å². The molecule has 7 atom stereocenters. The number of carbonyl (C=O) groups is 5. The van der Waals surface area contributed by atoms with E-state index in [0.717, 1.165) is 29.3 Å². The van der Waals surface area contributed by atoms with Crippen LogP contribution in [0, 0.1) is 17.8 Å². The zero-order valence-electron chi connectivity index (χ0n) is 33.2. The molecule has 2 N–H and O–H groups in total. The maximum Gasteiger partial charge on any atom is 0.323 e. The summed E-state index contributed by atoms with van der Waals surface area (Å²) in [7, 11) is -3.70. The van der Waals surface area contributed by atoms with Crippen molar-refractivity contribution in [2.75, 3.05) is 39.4 Å². The lowest BCUT2D eigenvalue weighted by atomic mass is 9.96. The number of fused-ring (bicyclic) bond motifs is 3. The largest absolute Gasteiger partial charge is 0.462 e. The molecule has 8 rings (SSSR count). The molecule has 5 heterocycles. The Balaban J connectivity index is 0.945. The Morgan fingerprint density at radius 1 is 0.914 bits per heavy atom. The predicted molar refractivity (Wildman–Crippen MR) is 217 cm³/mol. The van der Waals surface area contributed by atoms with Gasteiger partial charge in [-0.15, -0.1) is 11.3 Å². The van der Waals surface area contributed by atoms with Crippen LogP contribution in [-0.4, -0.2) is 114 Å². The third-order valence-corrected chi connectivity index (χ3v) is 15.2. The number of para-hydroxylation sites is 1. The van der Waals surface area contributed by atoms with E-state index in [4.69, 9.17) is 14.0 Å². The molecule has 0 radical (unpaired) electrons. The monoisotopic (exact) mass is 833 g/mol. The molecule has 3 aromatic rings. The fourth-order valence-corrected chi connectivity index (χ4v) is 11.9. The molecule has 1 saturated carbocycles. The average molecular weight is 834 g/mol. The molecule has 1 aromatic heterocycles. The van der Waals surface area contributed by atoms with Gasteiger partial charge in [-0.3, -0.25) is 28.5 Å². The first-order valence-corrected chi connectivity index (χ1v) is 23.1. The third-order valence-electron chi connectivity index (χ3n) is 12.0. The lowest BCUT2D eigenvalue weighted by Crippen LogP contribution is -2.62. The lowest BCUT2D eigenvalue weighted by molar-refractivity contribution is -0.157. The van der Waals surface area contributed by atoms with Crippen molar-refractivity contribution < 1.29 is 42.5 Å². The predicted octanol–water partition coefficient (Wildman–Crippen LogP) is 4.81. The molecule has 4 aliphatic heterocycles. The van der Waals surface area contributed by atoms with Crippen molar-refractivity contribution in [3.8, 4) is 5.75 Å². The van der Waals surface area contributed by atoms with Crippen molar-refractivity contribution in [1.82, 2.24) is 25.1 Å². The molecule has 2 aromatic carbocycles. The van der Waals surface area contributed by atoms with E-state index in [9.17, 15) is 28.5 Å². The molecule has 0 unspecified atom stereocenters. The number of likely N-dealkylation sites (tertiary alicyclic amines) is 1. The highest BCUT2D eigenvalue weighted by Gasteiger charge is 2.53. The summed E-state index contributed by atoms with van der Waals surface area (Å²) in [5, 5.41) is 6.74. The number of morpholine rings is 1. The van der Waals surface area contributed by atoms with E-state index in [1.807, 2.05) is 29.2 Å². The second kappa shape index (κ2) is 16.8. The molecular formula is C42H52N5O9PS. The smallest absolute Gasteiger partial charge is 0.323 e. The molecule has 1 aliphatic carbocycles. The first-order valence-electron chi connectivity index (χ1n) is 20.5. The standard InChI is InChI=1S/C42H52N5O9PS/c1-25(2)55-42(52)26(3)44-57(53,56-33-7-5-4-6-8-33)24-27-9-12-36-30(17-27)21-37(58-36)38(48)43-34-20-29-18-28(29)19-32-10-11-35(47(32)40(34)50)41(51)46-22-31(23-46)39(49)45-13-15-54-16-14-45/h4-9,12,17,21,25-26,28-29,31-32,34-35H,10-11,13-16,18-20,22-24H2,1-3H3,(H,43,48)(H,44,53)/t26-,28+,29-,32+,34-,35-,57-/m0/s1. The Bertz CT molecular complexity index is 2100. The maximum atomic E-state index is 14.4. The third kappa shape index (κ3) is 8.83. The van der Waals surface area contributed by atoms with E-state index < -0.39 is 31.6 Å². The number of nitrogens with one attached hydrogen (secondary N) is 2. The van der Waals surface area contributed by atoms with Crippen LogP contribution >= 0.6 is 18.9 Å². The van der Waals surface area contributed by atoms with Crippen LogP contribution in [0.1, 0.15) is 68.1 Å². The van der Waals surface area contributed by atoms with Gasteiger partial charge in [0.05, 0.1) is 36.3 Å². The summed E-state index contributed by atoms with van der Waals surface area (Å²) in [5.74, 6) is -0.179. The van der Waals surface area contributed by atoms with Crippen LogP contribution in [-0.2, 0) is 39.4 Å². The van der Waals surface area contributed by atoms with Gasteiger partial charge in [0.2, 0.25) is 17.7 Å². The summed E-state index contributed by atoms with van der Waals surface area (Å²) in [6.45, 7) is 7.98. The maximum absolute atomic E-state index is 14.4. The molecule has 4 saturated heterocycles. The molecule has 4 amide bonds. The van der Waals surface area contributed by atoms with E-state index in [-0.39, 0.29) is 47.9 Å². The number of hydrogen-bond donors (Lipinski definition) is 2. The van der Waals surface area contributed by atoms with E-state index >= 15 is 0 Å². The highest BCUT2D eigenvalue weighted by atomic mass is 32.1. The lowest BCUT2D eigenvalue weighted by Gasteiger charge is -2.44. The minimum absolute atomic E-state index is 0.0349. The number of amides is 4. The van der Waals surface area contributed by atoms with Crippen LogP contribution in [0.5, 0.6) is 5.75 Å². The van der Waals surface area contributed by atoms with Crippen LogP contribution in [0.4, 0.5) is 0 Å². The van der Waals surface area contributed by atoms with Gasteiger partial charge in [-0.25, -0.2) is 5.09 Å². The summed E-state index contributed by atoms with van der Waals surface area (Å²) >= 11 is 1.30. The first kappa shape index (κ1) is 40.5. The molecule has 0 bridgehead atoms. The Kier molecular flexibility index (Phi) is 11.7. The van der Waals surface area contributed by atoms with Crippen molar-refractivity contribution in [3.05, 3.63) is 65.0 Å². The first-order chi connectivity index (χ1) is 27.8. The van der Waals surface area contributed by atoms with E-state index in [1.165, 1.54) is 11.3 Å². The van der Waals surface area contributed by atoms with Gasteiger partial charge in [0, 0.05) is 36.9 Å². The van der Waals surface area contributed by atoms with Crippen LogP contribution in [0.15, 0.2) is 54.6 Å². The molecule has 16 heteroatoms.